The summed E-state index contributed by atoms with van der Waals surface area (Å²) in [4.78, 5) is 0. The largest absolute Gasteiger partial charge is 0.496 e. The predicted octanol–water partition coefficient (Wildman–Crippen LogP) is 2.93. The summed E-state index contributed by atoms with van der Waals surface area (Å²) in [5.41, 5.74) is 1.78. The van der Waals surface area contributed by atoms with Crippen LogP contribution in [0.15, 0.2) is 18.2 Å². The molecule has 120 valence electrons. The molecule has 0 saturated carbocycles. The average Bonchev–Trinajstić information content (AvgIpc) is 2.44. The molecule has 0 aliphatic carbocycles. The van der Waals surface area contributed by atoms with E-state index in [0.29, 0.717) is 5.75 Å². The zero-order chi connectivity index (χ0) is 16.2. The van der Waals surface area contributed by atoms with Gasteiger partial charge in [0.15, 0.2) is 9.84 Å². The van der Waals surface area contributed by atoms with Crippen molar-refractivity contribution in [3.63, 3.8) is 0 Å². The van der Waals surface area contributed by atoms with E-state index in [1.54, 1.807) is 14.0 Å². The molecular formula is C16H27NO3S. The molecular weight excluding hydrogens is 286 g/mol. The van der Waals surface area contributed by atoms with Crippen LogP contribution in [0.2, 0.25) is 0 Å². The van der Waals surface area contributed by atoms with Crippen LogP contribution in [0.1, 0.15) is 44.9 Å². The minimum absolute atomic E-state index is 0.0137. The van der Waals surface area contributed by atoms with E-state index in [2.05, 4.69) is 5.32 Å². The molecule has 0 heterocycles. The third-order valence-corrected chi connectivity index (χ3v) is 6.49. The van der Waals surface area contributed by atoms with Crippen molar-refractivity contribution in [2.24, 2.45) is 5.92 Å². The topological polar surface area (TPSA) is 55.4 Å². The van der Waals surface area contributed by atoms with Crippen molar-refractivity contribution in [2.45, 2.75) is 44.7 Å². The molecule has 0 aliphatic heterocycles. The summed E-state index contributed by atoms with van der Waals surface area (Å²) in [7, 11) is 0.254. The molecule has 0 radical (unpaired) electrons. The molecule has 4 nitrogen and oxygen atoms in total. The molecule has 0 aromatic heterocycles. The minimum atomic E-state index is -3.19. The molecule has 0 bridgehead atoms. The van der Waals surface area contributed by atoms with Gasteiger partial charge in [-0.25, -0.2) is 8.42 Å². The first-order valence-corrected chi connectivity index (χ1v) is 9.00. The maximum Gasteiger partial charge on any atom is 0.157 e. The molecule has 1 aromatic carbocycles. The Labute approximate surface area is 128 Å². The lowest BCUT2D eigenvalue weighted by Gasteiger charge is -2.19. The van der Waals surface area contributed by atoms with Gasteiger partial charge in [-0.3, -0.25) is 0 Å². The Hall–Kier alpha value is -1.07. The second-order valence-electron chi connectivity index (χ2n) is 5.84. The summed E-state index contributed by atoms with van der Waals surface area (Å²) in [5.74, 6) is 0.738. The first-order valence-electron chi connectivity index (χ1n) is 7.28. The maximum atomic E-state index is 12.5. The Morgan fingerprint density at radius 1 is 1.19 bits per heavy atom. The highest BCUT2D eigenvalue weighted by atomic mass is 32.2. The molecule has 5 heteroatoms. The van der Waals surface area contributed by atoms with E-state index in [9.17, 15) is 8.42 Å². The van der Waals surface area contributed by atoms with E-state index in [-0.39, 0.29) is 23.0 Å². The molecule has 2 atom stereocenters. The molecule has 1 N–H and O–H groups in total. The third kappa shape index (κ3) is 4.45. The highest BCUT2D eigenvalue weighted by Crippen LogP contribution is 2.27. The normalized spacial score (nSPS) is 15.0. The smallest absolute Gasteiger partial charge is 0.157 e. The van der Waals surface area contributed by atoms with Crippen LogP contribution in [0.3, 0.4) is 0 Å². The second-order valence-corrected chi connectivity index (χ2v) is 8.20. The van der Waals surface area contributed by atoms with Crippen LogP contribution in [0.5, 0.6) is 5.75 Å². The Kier molecular flexibility index (Phi) is 6.23. The van der Waals surface area contributed by atoms with E-state index in [1.807, 2.05) is 46.0 Å². The van der Waals surface area contributed by atoms with Crippen molar-refractivity contribution >= 4 is 9.84 Å². The zero-order valence-electron chi connectivity index (χ0n) is 13.8. The molecule has 0 aliphatic rings. The Balaban J connectivity index is 3.16. The lowest BCUT2D eigenvalue weighted by Crippen LogP contribution is -2.25. The van der Waals surface area contributed by atoms with Crippen molar-refractivity contribution in [1.82, 2.24) is 5.32 Å². The Morgan fingerprint density at radius 3 is 2.29 bits per heavy atom. The molecule has 0 spiro atoms. The fraction of sp³-hybridized carbons (Fsp3) is 0.625. The van der Waals surface area contributed by atoms with Gasteiger partial charge < -0.3 is 10.1 Å². The zero-order valence-corrected chi connectivity index (χ0v) is 14.6. The molecule has 0 amide bonds. The summed E-state index contributed by atoms with van der Waals surface area (Å²) in [6, 6.07) is 5.89. The van der Waals surface area contributed by atoms with Gasteiger partial charge >= 0.3 is 0 Å². The molecule has 1 aromatic rings. The fourth-order valence-electron chi connectivity index (χ4n) is 2.11. The highest BCUT2D eigenvalue weighted by molar-refractivity contribution is 7.91. The number of nitrogens with one attached hydrogen (secondary N) is 1. The highest BCUT2D eigenvalue weighted by Gasteiger charge is 2.25. The van der Waals surface area contributed by atoms with Crippen molar-refractivity contribution in [3.8, 4) is 5.75 Å². The van der Waals surface area contributed by atoms with Crippen LogP contribution in [0.4, 0.5) is 0 Å². The Morgan fingerprint density at radius 2 is 1.81 bits per heavy atom. The molecule has 0 fully saturated rings. The fourth-order valence-corrected chi connectivity index (χ4v) is 3.86. The lowest BCUT2D eigenvalue weighted by molar-refractivity contribution is 0.410. The maximum absolute atomic E-state index is 12.5. The molecule has 1 rings (SSSR count). The molecule has 21 heavy (non-hydrogen) atoms. The number of ether oxygens (including phenoxy) is 1. The predicted molar refractivity (Wildman–Crippen MR) is 87.4 cm³/mol. The number of sulfone groups is 1. The summed E-state index contributed by atoms with van der Waals surface area (Å²) < 4.78 is 30.3. The first kappa shape index (κ1) is 18.0. The quantitative estimate of drug-likeness (QED) is 0.841. The van der Waals surface area contributed by atoms with Gasteiger partial charge in [0.05, 0.1) is 18.1 Å². The van der Waals surface area contributed by atoms with E-state index in [0.717, 1.165) is 11.1 Å². The number of hydrogen-bond acceptors (Lipinski definition) is 4. The summed E-state index contributed by atoms with van der Waals surface area (Å²) in [6.07, 6.45) is 0. The minimum Gasteiger partial charge on any atom is -0.496 e. The van der Waals surface area contributed by atoms with Gasteiger partial charge in [-0.1, -0.05) is 19.9 Å². The average molecular weight is 313 g/mol. The van der Waals surface area contributed by atoms with Gasteiger partial charge in [0.25, 0.3) is 0 Å². The van der Waals surface area contributed by atoms with Crippen molar-refractivity contribution < 1.29 is 13.2 Å². The van der Waals surface area contributed by atoms with Gasteiger partial charge in [0.2, 0.25) is 0 Å². The SMILES string of the molecule is CNC(C)c1ccc(OC)c(CS(=O)(=O)C(C)C(C)C)c1. The van der Waals surface area contributed by atoms with Crippen molar-refractivity contribution in [2.75, 3.05) is 14.2 Å². The van der Waals surface area contributed by atoms with E-state index in [4.69, 9.17) is 4.74 Å². The van der Waals surface area contributed by atoms with Crippen LogP contribution in [0.25, 0.3) is 0 Å². The third-order valence-electron chi connectivity index (χ3n) is 4.10. The second kappa shape index (κ2) is 7.27. The van der Waals surface area contributed by atoms with Gasteiger partial charge in [0.1, 0.15) is 5.75 Å². The van der Waals surface area contributed by atoms with Crippen LogP contribution in [-0.4, -0.2) is 27.8 Å². The summed E-state index contributed by atoms with van der Waals surface area (Å²) in [6.45, 7) is 7.67. The summed E-state index contributed by atoms with van der Waals surface area (Å²) in [5, 5.41) is 2.79. The Bertz CT molecular complexity index is 567. The standard InChI is InChI=1S/C16H27NO3S/c1-11(2)13(4)21(18,19)10-15-9-14(12(3)17-5)7-8-16(15)20-6/h7-9,11-13,17H,10H2,1-6H3. The van der Waals surface area contributed by atoms with Gasteiger partial charge in [-0.2, -0.15) is 0 Å². The van der Waals surface area contributed by atoms with Crippen LogP contribution in [0, 0.1) is 5.92 Å². The van der Waals surface area contributed by atoms with Crippen molar-refractivity contribution in [1.29, 1.82) is 0 Å². The van der Waals surface area contributed by atoms with Crippen molar-refractivity contribution in [3.05, 3.63) is 29.3 Å². The number of hydrogen-bond donors (Lipinski definition) is 1. The number of rotatable bonds is 7. The summed E-state index contributed by atoms with van der Waals surface area (Å²) >= 11 is 0. The van der Waals surface area contributed by atoms with E-state index >= 15 is 0 Å². The van der Waals surface area contributed by atoms with Gasteiger partial charge in [0, 0.05) is 11.6 Å². The van der Waals surface area contributed by atoms with Gasteiger partial charge in [-0.05, 0) is 44.5 Å². The molecule has 2 unspecified atom stereocenters. The number of benzene rings is 1. The first-order chi connectivity index (χ1) is 9.72. The van der Waals surface area contributed by atoms with Crippen LogP contribution < -0.4 is 10.1 Å². The lowest BCUT2D eigenvalue weighted by atomic mass is 10.1. The monoisotopic (exact) mass is 313 g/mol. The van der Waals surface area contributed by atoms with Gasteiger partial charge in [-0.15, -0.1) is 0 Å². The molecule has 0 saturated heterocycles. The van der Waals surface area contributed by atoms with Crippen LogP contribution in [-0.2, 0) is 15.6 Å². The van der Waals surface area contributed by atoms with E-state index in [1.165, 1.54) is 0 Å². The van der Waals surface area contributed by atoms with E-state index < -0.39 is 9.84 Å². The van der Waals surface area contributed by atoms with Crippen LogP contribution >= 0.6 is 0 Å². The number of methoxy groups -OCH3 is 1.